The van der Waals surface area contributed by atoms with Crippen molar-refractivity contribution in [2.75, 3.05) is 29.5 Å². The third kappa shape index (κ3) is 19.4. The van der Waals surface area contributed by atoms with E-state index >= 15 is 0 Å². The molecule has 0 unspecified atom stereocenters. The van der Waals surface area contributed by atoms with Crippen molar-refractivity contribution in [3.05, 3.63) is 160 Å². The lowest BCUT2D eigenvalue weighted by Gasteiger charge is -2.27. The molecule has 4 aromatic rings. The monoisotopic (exact) mass is 1330 g/mol. The fraction of sp³-hybridized carbons (Fsp3) is 0.455. The molecule has 91 heavy (non-hydrogen) atoms. The summed E-state index contributed by atoms with van der Waals surface area (Å²) in [4.78, 5) is 42.0. The molecule has 4 aromatic carbocycles. The van der Waals surface area contributed by atoms with Crippen LogP contribution < -0.4 is 20.3 Å². The Morgan fingerprint density at radius 2 is 1.29 bits per heavy atom. The number of carbonyl (C=O) groups is 3. The van der Waals surface area contributed by atoms with Crippen LogP contribution in [0.3, 0.4) is 0 Å². The number of allylic oxidation sites excluding steroid dienone is 7. The number of aliphatic carboxylic acids is 1. The summed E-state index contributed by atoms with van der Waals surface area (Å²) in [5.74, 6) is -2.03. The van der Waals surface area contributed by atoms with Gasteiger partial charge in [-0.25, -0.2) is 4.79 Å². The van der Waals surface area contributed by atoms with Gasteiger partial charge in [0, 0.05) is 66.7 Å². The number of carboxylic acid groups (broad SMARTS) is 1. The van der Waals surface area contributed by atoms with Gasteiger partial charge in [-0.1, -0.05) is 96.5 Å². The van der Waals surface area contributed by atoms with Crippen LogP contribution in [0.4, 0.5) is 11.4 Å². The molecule has 2 amide bonds. The number of carboxylic acids is 1. The fourth-order valence-corrected chi connectivity index (χ4v) is 14.1. The zero-order chi connectivity index (χ0) is 67.1. The first-order valence-corrected chi connectivity index (χ1v) is 36.5. The van der Waals surface area contributed by atoms with E-state index in [9.17, 15) is 71.4 Å². The Morgan fingerprint density at radius 3 is 1.89 bits per heavy atom. The molecule has 2 atom stereocenters. The lowest BCUT2D eigenvalue weighted by atomic mass is 9.81. The third-order valence-corrected chi connectivity index (χ3v) is 20.2. The predicted molar refractivity (Wildman–Crippen MR) is 348 cm³/mol. The summed E-state index contributed by atoms with van der Waals surface area (Å²) in [7, 11) is -17.8. The van der Waals surface area contributed by atoms with Gasteiger partial charge in [-0.05, 0) is 153 Å². The second kappa shape index (κ2) is 29.0. The summed E-state index contributed by atoms with van der Waals surface area (Å²) in [6.07, 6.45) is 11.8. The van der Waals surface area contributed by atoms with Crippen molar-refractivity contribution in [1.82, 2.24) is 10.6 Å². The van der Waals surface area contributed by atoms with E-state index in [1.807, 2.05) is 106 Å². The van der Waals surface area contributed by atoms with Crippen LogP contribution in [0.15, 0.2) is 148 Å². The van der Waals surface area contributed by atoms with E-state index in [1.165, 1.54) is 24.3 Å². The number of benzene rings is 4. The summed E-state index contributed by atoms with van der Waals surface area (Å²) in [5, 5.41) is 16.1. The second-order valence-electron chi connectivity index (χ2n) is 26.0. The minimum Gasteiger partial charge on any atom is -0.480 e. The molecule has 7 rings (SSSR count). The molecule has 2 heterocycles. The van der Waals surface area contributed by atoms with Crippen molar-refractivity contribution in [2.24, 2.45) is 11.3 Å². The maximum Gasteiger partial charge on any atom is 0.326 e. The van der Waals surface area contributed by atoms with Gasteiger partial charge in [0.1, 0.15) is 30.1 Å². The van der Waals surface area contributed by atoms with Crippen molar-refractivity contribution in [3.63, 3.8) is 0 Å². The number of carbonyl (C=O) groups excluding carboxylic acids is 2. The molecular weight excluding hydrogens is 1250 g/mol. The zero-order valence-corrected chi connectivity index (χ0v) is 55.9. The van der Waals surface area contributed by atoms with Crippen molar-refractivity contribution >= 4 is 75.3 Å². The van der Waals surface area contributed by atoms with Crippen LogP contribution in [0.1, 0.15) is 142 Å². The van der Waals surface area contributed by atoms with E-state index < -0.39 is 86.8 Å². The van der Waals surface area contributed by atoms with Gasteiger partial charge in [-0.3, -0.25) is 27.8 Å². The summed E-state index contributed by atoms with van der Waals surface area (Å²) < 4.78 is 145. The van der Waals surface area contributed by atoms with E-state index in [0.717, 1.165) is 18.4 Å². The summed E-state index contributed by atoms with van der Waals surface area (Å²) in [6.45, 7) is 16.3. The zero-order valence-electron chi connectivity index (χ0n) is 52.7. The van der Waals surface area contributed by atoms with E-state index in [-0.39, 0.29) is 66.3 Å². The molecule has 7 N–H and O–H groups in total. The molecule has 0 saturated heterocycles. The van der Waals surface area contributed by atoms with Crippen LogP contribution in [0.25, 0.3) is 0 Å². The number of nitrogens with one attached hydrogen (secondary N) is 2. The Labute approximate surface area is 535 Å². The van der Waals surface area contributed by atoms with E-state index in [0.29, 0.717) is 100 Å². The average Bonchev–Trinajstić information content (AvgIpc) is 1.60. The minimum absolute atomic E-state index is 0.112. The Hall–Kier alpha value is -6.84. The molecule has 0 fully saturated rings. The summed E-state index contributed by atoms with van der Waals surface area (Å²) >= 11 is 0. The van der Waals surface area contributed by atoms with Gasteiger partial charge in [0.25, 0.3) is 40.5 Å². The minimum atomic E-state index is -4.62. The topological polar surface area (TPSA) is 328 Å². The smallest absolute Gasteiger partial charge is 0.326 e. The molecular formula is C66H85N4O17S4+. The number of hydrogen-bond donors (Lipinski definition) is 7. The van der Waals surface area contributed by atoms with Gasteiger partial charge in [0.05, 0.1) is 26.7 Å². The number of amides is 2. The number of anilines is 1. The third-order valence-electron chi connectivity index (χ3n) is 16.9. The van der Waals surface area contributed by atoms with Crippen LogP contribution in [0, 0.1) is 11.3 Å². The number of hydrogen-bond acceptors (Lipinski definition) is 13. The predicted octanol–water partition coefficient (Wildman–Crippen LogP) is 10.3. The molecule has 0 radical (unpaired) electrons. The van der Waals surface area contributed by atoms with E-state index in [1.54, 1.807) is 36.4 Å². The lowest BCUT2D eigenvalue weighted by Crippen LogP contribution is -2.53. The highest BCUT2D eigenvalue weighted by molar-refractivity contribution is 7.86. The number of fused-ring (bicyclic) bond motifs is 2. The molecule has 0 bridgehead atoms. The molecule has 3 aliphatic rings. The molecule has 494 valence electrons. The van der Waals surface area contributed by atoms with Crippen LogP contribution in [0.2, 0.25) is 0 Å². The SMILES string of the molecule is CC(C)CCC(C)(C)CC(=O)N[C@@H](Cc1ccccc1)C(=O)N[C@@H](Cc1ccc(OC2=C(/C=C/C3=[N+](CCCCS(=O)(=O)O)c4ccc(S(=O)(=O)O)cc4C3(C)C)CCC/C2=C\C=C2\N(CCCCS(=O)(=O)O)c3ccc(S(=O)(=O)O)cc3C2(C)C)cc1)C(=O)O. The molecule has 2 aliphatic heterocycles. The second-order valence-corrected chi connectivity index (χ2v) is 31.9. The van der Waals surface area contributed by atoms with Crippen LogP contribution >= 0.6 is 0 Å². The molecule has 1 aliphatic carbocycles. The Bertz CT molecular complexity index is 4020. The first-order valence-electron chi connectivity index (χ1n) is 30.4. The van der Waals surface area contributed by atoms with Gasteiger partial charge >= 0.3 is 5.97 Å². The maximum atomic E-state index is 14.1. The molecule has 0 aromatic heterocycles. The quantitative estimate of drug-likeness (QED) is 0.0145. The Balaban J connectivity index is 1.27. The van der Waals surface area contributed by atoms with Gasteiger partial charge < -0.3 is 25.4 Å². The normalized spacial score (nSPS) is 17.6. The maximum absolute atomic E-state index is 14.1. The molecule has 25 heteroatoms. The average molecular weight is 1330 g/mol. The van der Waals surface area contributed by atoms with Crippen molar-refractivity contribution in [3.8, 4) is 5.75 Å². The number of rotatable bonds is 30. The molecule has 0 saturated carbocycles. The van der Waals surface area contributed by atoms with Crippen molar-refractivity contribution in [2.45, 2.75) is 165 Å². The lowest BCUT2D eigenvalue weighted by molar-refractivity contribution is -0.438. The largest absolute Gasteiger partial charge is 0.480 e. The first-order chi connectivity index (χ1) is 42.3. The van der Waals surface area contributed by atoms with Crippen LogP contribution in [-0.4, -0.2) is 122 Å². The highest BCUT2D eigenvalue weighted by Crippen LogP contribution is 2.49. The fourth-order valence-electron chi connectivity index (χ4n) is 12.0. The summed E-state index contributed by atoms with van der Waals surface area (Å²) in [5.41, 5.74) is 4.31. The molecule has 0 spiro atoms. The molecule has 21 nitrogen and oxygen atoms in total. The van der Waals surface area contributed by atoms with Gasteiger partial charge in [0.2, 0.25) is 17.5 Å². The first kappa shape index (κ1) is 71.6. The number of ether oxygens (including phenoxy) is 1. The highest BCUT2D eigenvalue weighted by atomic mass is 32.2. The Morgan fingerprint density at radius 1 is 0.692 bits per heavy atom. The standard InChI is InChI=1S/C66H84N4O17S4/c1-44(2)33-34-64(3,4)43-60(71)67-54(39-45-17-10-9-11-18-45)62(72)68-55(63(73)74)40-46-21-25-49(26-22-46)87-61-47(23-31-58-65(5,6)52-41-50(90(81,82)83)27-29-56(52)69(58)35-12-14-37-88(75,76)77)19-16-20-48(61)24-32-59-66(7,8)53-42-51(91(84,85)86)28-30-57(53)70(59)36-13-15-38-89(78,79)80/h9-11,17-18,21-32,41-42,44,54-55H,12-16,19-20,33-40,43H2,1-8H3,(H6-,67,68,71,72,73,74,75,76,77,78,79,80,81,82,83,84,85,86)/p+1/t54-,55-/m0/s1. The van der Waals surface area contributed by atoms with Crippen molar-refractivity contribution < 1.29 is 80.7 Å². The van der Waals surface area contributed by atoms with Crippen LogP contribution in [0.5, 0.6) is 5.75 Å². The number of unbranched alkanes of at least 4 members (excludes halogenated alkanes) is 2. The number of nitrogens with zero attached hydrogens (tertiary/aromatic N) is 2. The van der Waals surface area contributed by atoms with Crippen LogP contribution in [-0.2, 0) is 78.5 Å². The van der Waals surface area contributed by atoms with Gasteiger partial charge in [0.15, 0.2) is 5.71 Å². The van der Waals surface area contributed by atoms with E-state index in [2.05, 4.69) is 24.5 Å². The van der Waals surface area contributed by atoms with Gasteiger partial charge in [-0.15, -0.1) is 0 Å². The van der Waals surface area contributed by atoms with E-state index in [4.69, 9.17) is 4.74 Å². The summed E-state index contributed by atoms with van der Waals surface area (Å²) in [6, 6.07) is 21.8. The van der Waals surface area contributed by atoms with Crippen molar-refractivity contribution in [1.29, 1.82) is 0 Å². The highest BCUT2D eigenvalue weighted by Gasteiger charge is 2.45. The van der Waals surface area contributed by atoms with Gasteiger partial charge in [-0.2, -0.15) is 38.2 Å². The Kier molecular flexibility index (Phi) is 22.8.